The van der Waals surface area contributed by atoms with Crippen LogP contribution in [0.2, 0.25) is 0 Å². The van der Waals surface area contributed by atoms with Gasteiger partial charge in [0.2, 0.25) is 0 Å². The molecule has 24 heavy (non-hydrogen) atoms. The van der Waals surface area contributed by atoms with E-state index in [1.807, 2.05) is 26.8 Å². The second-order valence-electron chi connectivity index (χ2n) is 5.74. The lowest BCUT2D eigenvalue weighted by Gasteiger charge is -2.13. The van der Waals surface area contributed by atoms with Gasteiger partial charge in [-0.3, -0.25) is 9.52 Å². The quantitative estimate of drug-likeness (QED) is 0.873. The normalized spacial score (nSPS) is 11.2. The standard InChI is InChI=1S/C18H22N2O3S/c1-5-19-18(21)15-8-6-13(3)17(11-15)24(22,23)20-16-9-7-12(2)14(4)10-16/h6-11,20H,5H2,1-4H3,(H,19,21). The Morgan fingerprint density at radius 2 is 1.62 bits per heavy atom. The zero-order chi connectivity index (χ0) is 17.9. The molecule has 1 amide bonds. The molecule has 0 aromatic heterocycles. The van der Waals surface area contributed by atoms with Gasteiger partial charge in [0.25, 0.3) is 15.9 Å². The molecule has 2 rings (SSSR count). The number of hydrogen-bond acceptors (Lipinski definition) is 3. The third-order valence-corrected chi connectivity index (χ3v) is 5.36. The van der Waals surface area contributed by atoms with Crippen molar-refractivity contribution in [3.8, 4) is 0 Å². The monoisotopic (exact) mass is 346 g/mol. The zero-order valence-corrected chi connectivity index (χ0v) is 15.1. The molecule has 0 aliphatic rings. The topological polar surface area (TPSA) is 75.3 Å². The molecular formula is C18H22N2O3S. The molecule has 0 heterocycles. The van der Waals surface area contributed by atoms with Crippen LogP contribution in [0.4, 0.5) is 5.69 Å². The van der Waals surface area contributed by atoms with E-state index in [0.717, 1.165) is 11.1 Å². The highest BCUT2D eigenvalue weighted by atomic mass is 32.2. The largest absolute Gasteiger partial charge is 0.352 e. The third-order valence-electron chi connectivity index (χ3n) is 3.84. The first-order chi connectivity index (χ1) is 11.2. The Hall–Kier alpha value is -2.34. The molecule has 0 radical (unpaired) electrons. The minimum atomic E-state index is -3.77. The summed E-state index contributed by atoms with van der Waals surface area (Å²) in [6.07, 6.45) is 0. The number of hydrogen-bond donors (Lipinski definition) is 2. The summed E-state index contributed by atoms with van der Waals surface area (Å²) in [5, 5.41) is 2.67. The molecule has 0 unspecified atom stereocenters. The fourth-order valence-corrected chi connectivity index (χ4v) is 3.63. The molecule has 0 aliphatic carbocycles. The predicted octanol–water partition coefficient (Wildman–Crippen LogP) is 3.16. The minimum Gasteiger partial charge on any atom is -0.352 e. The molecule has 5 nitrogen and oxygen atoms in total. The lowest BCUT2D eigenvalue weighted by molar-refractivity contribution is 0.0955. The molecule has 0 bridgehead atoms. The summed E-state index contributed by atoms with van der Waals surface area (Å²) >= 11 is 0. The van der Waals surface area contributed by atoms with E-state index in [9.17, 15) is 13.2 Å². The lowest BCUT2D eigenvalue weighted by Crippen LogP contribution is -2.23. The fraction of sp³-hybridized carbons (Fsp3) is 0.278. The van der Waals surface area contributed by atoms with Crippen molar-refractivity contribution >= 4 is 21.6 Å². The van der Waals surface area contributed by atoms with Gasteiger partial charge < -0.3 is 5.32 Å². The third kappa shape index (κ3) is 3.94. The van der Waals surface area contributed by atoms with Crippen molar-refractivity contribution in [2.45, 2.75) is 32.6 Å². The summed E-state index contributed by atoms with van der Waals surface area (Å²) < 4.78 is 28.0. The summed E-state index contributed by atoms with van der Waals surface area (Å²) in [5.41, 5.74) is 3.50. The van der Waals surface area contributed by atoms with Gasteiger partial charge in [-0.05, 0) is 68.7 Å². The van der Waals surface area contributed by atoms with Gasteiger partial charge >= 0.3 is 0 Å². The van der Waals surface area contributed by atoms with Crippen LogP contribution < -0.4 is 10.0 Å². The summed E-state index contributed by atoms with van der Waals surface area (Å²) in [5.74, 6) is -0.292. The van der Waals surface area contributed by atoms with E-state index in [4.69, 9.17) is 0 Å². The Morgan fingerprint density at radius 1 is 0.958 bits per heavy atom. The first-order valence-electron chi connectivity index (χ1n) is 7.73. The first-order valence-corrected chi connectivity index (χ1v) is 9.22. The van der Waals surface area contributed by atoms with Crippen LogP contribution in [0.5, 0.6) is 0 Å². The summed E-state index contributed by atoms with van der Waals surface area (Å²) in [7, 11) is -3.77. The van der Waals surface area contributed by atoms with Crippen LogP contribution in [0, 0.1) is 20.8 Å². The van der Waals surface area contributed by atoms with E-state index in [1.54, 1.807) is 31.2 Å². The van der Waals surface area contributed by atoms with Gasteiger partial charge in [-0.25, -0.2) is 8.42 Å². The number of benzene rings is 2. The van der Waals surface area contributed by atoms with Crippen molar-refractivity contribution in [3.05, 3.63) is 58.7 Å². The number of sulfonamides is 1. The highest BCUT2D eigenvalue weighted by Gasteiger charge is 2.19. The van der Waals surface area contributed by atoms with Crippen LogP contribution in [0.25, 0.3) is 0 Å². The van der Waals surface area contributed by atoms with Gasteiger partial charge in [0, 0.05) is 17.8 Å². The molecule has 0 fully saturated rings. The maximum absolute atomic E-state index is 12.7. The van der Waals surface area contributed by atoms with Crippen LogP contribution in [-0.2, 0) is 10.0 Å². The molecule has 0 spiro atoms. The first kappa shape index (κ1) is 18.0. The Labute approximate surface area is 143 Å². The number of nitrogens with one attached hydrogen (secondary N) is 2. The Morgan fingerprint density at radius 3 is 2.25 bits per heavy atom. The van der Waals surface area contributed by atoms with Gasteiger partial charge in [-0.2, -0.15) is 0 Å². The molecule has 2 aromatic carbocycles. The highest BCUT2D eigenvalue weighted by Crippen LogP contribution is 2.22. The summed E-state index contributed by atoms with van der Waals surface area (Å²) in [4.78, 5) is 12.1. The molecule has 0 saturated heterocycles. The van der Waals surface area contributed by atoms with Gasteiger partial charge in [-0.1, -0.05) is 12.1 Å². The van der Waals surface area contributed by atoms with Crippen molar-refractivity contribution in [1.29, 1.82) is 0 Å². The molecular weight excluding hydrogens is 324 g/mol. The van der Waals surface area contributed by atoms with E-state index in [2.05, 4.69) is 10.0 Å². The fourth-order valence-electron chi connectivity index (χ4n) is 2.31. The predicted molar refractivity (Wildman–Crippen MR) is 95.9 cm³/mol. The van der Waals surface area contributed by atoms with Gasteiger partial charge in [0.1, 0.15) is 0 Å². The van der Waals surface area contributed by atoms with Crippen molar-refractivity contribution in [1.82, 2.24) is 5.32 Å². The second-order valence-corrected chi connectivity index (χ2v) is 7.40. The summed E-state index contributed by atoms with van der Waals surface area (Å²) in [6, 6.07) is 10.0. The second kappa shape index (κ2) is 7.05. The molecule has 6 heteroatoms. The van der Waals surface area contributed by atoms with Gasteiger partial charge in [0.15, 0.2) is 0 Å². The zero-order valence-electron chi connectivity index (χ0n) is 14.3. The van der Waals surface area contributed by atoms with Crippen molar-refractivity contribution in [2.24, 2.45) is 0 Å². The minimum absolute atomic E-state index is 0.101. The van der Waals surface area contributed by atoms with E-state index < -0.39 is 10.0 Å². The molecule has 0 aliphatic heterocycles. The Bertz CT molecular complexity index is 874. The number of carbonyl (C=O) groups is 1. The van der Waals surface area contributed by atoms with E-state index >= 15 is 0 Å². The maximum atomic E-state index is 12.7. The van der Waals surface area contributed by atoms with Gasteiger partial charge in [-0.15, -0.1) is 0 Å². The Kier molecular flexibility index (Phi) is 5.29. The average molecular weight is 346 g/mol. The molecule has 0 saturated carbocycles. The average Bonchev–Trinajstić information content (AvgIpc) is 2.51. The number of carbonyl (C=O) groups excluding carboxylic acids is 1. The summed E-state index contributed by atoms with van der Waals surface area (Å²) in [6.45, 7) is 7.89. The van der Waals surface area contributed by atoms with Crippen LogP contribution >= 0.6 is 0 Å². The smallest absolute Gasteiger partial charge is 0.262 e. The maximum Gasteiger partial charge on any atom is 0.262 e. The SMILES string of the molecule is CCNC(=O)c1ccc(C)c(S(=O)(=O)Nc2ccc(C)c(C)c2)c1. The number of anilines is 1. The van der Waals surface area contributed by atoms with E-state index in [1.165, 1.54) is 6.07 Å². The Balaban J connectivity index is 2.39. The van der Waals surface area contributed by atoms with Crippen molar-refractivity contribution in [2.75, 3.05) is 11.3 Å². The number of amides is 1. The van der Waals surface area contributed by atoms with E-state index in [0.29, 0.717) is 23.4 Å². The van der Waals surface area contributed by atoms with Crippen LogP contribution in [0.1, 0.15) is 34.0 Å². The van der Waals surface area contributed by atoms with Crippen molar-refractivity contribution < 1.29 is 13.2 Å². The van der Waals surface area contributed by atoms with E-state index in [-0.39, 0.29) is 10.8 Å². The van der Waals surface area contributed by atoms with Crippen LogP contribution in [0.3, 0.4) is 0 Å². The molecule has 2 aromatic rings. The molecule has 128 valence electrons. The van der Waals surface area contributed by atoms with Crippen molar-refractivity contribution in [3.63, 3.8) is 0 Å². The number of rotatable bonds is 5. The van der Waals surface area contributed by atoms with Gasteiger partial charge in [0.05, 0.1) is 4.90 Å². The van der Waals surface area contributed by atoms with Crippen LogP contribution in [-0.4, -0.2) is 20.9 Å². The van der Waals surface area contributed by atoms with Crippen LogP contribution in [0.15, 0.2) is 41.3 Å². The molecule has 0 atom stereocenters. The number of aryl methyl sites for hydroxylation is 3. The highest BCUT2D eigenvalue weighted by molar-refractivity contribution is 7.92. The lowest BCUT2D eigenvalue weighted by atomic mass is 10.1. The molecule has 2 N–H and O–H groups in total.